The highest BCUT2D eigenvalue weighted by Crippen LogP contribution is 2.38. The largest absolute Gasteiger partial charge is 0.319 e. The molecule has 2 nitrogen and oxygen atoms in total. The molecule has 0 amide bonds. The van der Waals surface area contributed by atoms with Gasteiger partial charge in [-0.05, 0) is 69.6 Å². The number of hydrogen-bond acceptors (Lipinski definition) is 2. The van der Waals surface area contributed by atoms with Gasteiger partial charge in [0.15, 0.2) is 0 Å². The number of likely N-dealkylation sites (tertiary alicyclic amines) is 1. The lowest BCUT2D eigenvalue weighted by atomic mass is 9.93. The third-order valence-corrected chi connectivity index (χ3v) is 5.00. The van der Waals surface area contributed by atoms with Crippen molar-refractivity contribution in [3.8, 4) is 0 Å². The first-order valence-corrected chi connectivity index (χ1v) is 8.11. The molecule has 2 rings (SSSR count). The van der Waals surface area contributed by atoms with Crippen molar-refractivity contribution in [3.63, 3.8) is 0 Å². The van der Waals surface area contributed by atoms with Crippen LogP contribution < -0.4 is 5.32 Å². The van der Waals surface area contributed by atoms with Crippen LogP contribution in [0.4, 0.5) is 0 Å². The smallest absolute Gasteiger partial charge is 0.0389 e. The zero-order chi connectivity index (χ0) is 13.8. The van der Waals surface area contributed by atoms with Crippen molar-refractivity contribution >= 4 is 15.9 Å². The Morgan fingerprint density at radius 2 is 2.21 bits per heavy atom. The van der Waals surface area contributed by atoms with E-state index in [4.69, 9.17) is 0 Å². The molecule has 1 heterocycles. The Hall–Kier alpha value is -0.380. The minimum absolute atomic E-state index is 0.573. The number of nitrogens with zero attached hydrogens (tertiary/aromatic N) is 1. The summed E-state index contributed by atoms with van der Waals surface area (Å²) in [5.41, 5.74) is 2.78. The first kappa shape index (κ1) is 15.0. The van der Waals surface area contributed by atoms with Gasteiger partial charge in [-0.25, -0.2) is 0 Å². The quantitative estimate of drug-likeness (QED) is 0.887. The van der Waals surface area contributed by atoms with E-state index >= 15 is 0 Å². The lowest BCUT2D eigenvalue weighted by Crippen LogP contribution is -2.29. The number of hydrogen-bond donors (Lipinski definition) is 1. The first-order chi connectivity index (χ1) is 9.17. The van der Waals surface area contributed by atoms with Crippen molar-refractivity contribution in [2.45, 2.75) is 32.7 Å². The molecule has 0 aromatic heterocycles. The van der Waals surface area contributed by atoms with E-state index in [9.17, 15) is 0 Å². The predicted molar refractivity (Wildman–Crippen MR) is 85.5 cm³/mol. The van der Waals surface area contributed by atoms with Gasteiger partial charge in [-0.3, -0.25) is 4.90 Å². The van der Waals surface area contributed by atoms with E-state index in [2.05, 4.69) is 65.2 Å². The molecule has 2 unspecified atom stereocenters. The van der Waals surface area contributed by atoms with Crippen LogP contribution in [-0.2, 0) is 0 Å². The topological polar surface area (TPSA) is 15.3 Å². The number of halogens is 1. The third kappa shape index (κ3) is 3.39. The summed E-state index contributed by atoms with van der Waals surface area (Å²) in [6, 6.07) is 7.43. The maximum Gasteiger partial charge on any atom is 0.0389 e. The van der Waals surface area contributed by atoms with E-state index in [0.29, 0.717) is 6.04 Å². The highest BCUT2D eigenvalue weighted by Gasteiger charge is 2.34. The summed E-state index contributed by atoms with van der Waals surface area (Å²) in [4.78, 5) is 2.65. The van der Waals surface area contributed by atoms with Crippen LogP contribution >= 0.6 is 15.9 Å². The highest BCUT2D eigenvalue weighted by molar-refractivity contribution is 9.10. The number of nitrogens with one attached hydrogen (secondary N) is 1. The average Bonchev–Trinajstić information content (AvgIpc) is 2.77. The van der Waals surface area contributed by atoms with Crippen molar-refractivity contribution < 1.29 is 0 Å². The normalized spacial score (nSPS) is 24.0. The summed E-state index contributed by atoms with van der Waals surface area (Å²) in [6.45, 7) is 7.97. The van der Waals surface area contributed by atoms with Gasteiger partial charge in [-0.2, -0.15) is 0 Å². The molecule has 0 spiro atoms. The molecule has 1 aromatic carbocycles. The van der Waals surface area contributed by atoms with Crippen LogP contribution in [0.15, 0.2) is 22.7 Å². The fraction of sp³-hybridized carbons (Fsp3) is 0.625. The minimum Gasteiger partial charge on any atom is -0.319 e. The van der Waals surface area contributed by atoms with E-state index < -0.39 is 0 Å². The highest BCUT2D eigenvalue weighted by atomic mass is 79.9. The monoisotopic (exact) mass is 324 g/mol. The number of rotatable bonds is 5. The Balaban J connectivity index is 2.26. The molecule has 0 bridgehead atoms. The van der Waals surface area contributed by atoms with Crippen molar-refractivity contribution in [3.05, 3.63) is 33.8 Å². The standard InChI is InChI=1S/C16H25BrN2/c1-4-8-19-9-7-14(11-18-3)16(19)13-6-5-12(2)15(17)10-13/h5-6,10,14,16,18H,4,7-9,11H2,1-3H3. The second kappa shape index (κ2) is 6.87. The summed E-state index contributed by atoms with van der Waals surface area (Å²) >= 11 is 3.68. The van der Waals surface area contributed by atoms with E-state index in [-0.39, 0.29) is 0 Å². The molecular formula is C16H25BrN2. The molecule has 1 aliphatic heterocycles. The summed E-state index contributed by atoms with van der Waals surface area (Å²) in [5, 5.41) is 3.36. The summed E-state index contributed by atoms with van der Waals surface area (Å²) < 4.78 is 1.23. The van der Waals surface area contributed by atoms with E-state index in [0.717, 1.165) is 12.5 Å². The summed E-state index contributed by atoms with van der Waals surface area (Å²) in [7, 11) is 2.06. The molecule has 1 saturated heterocycles. The van der Waals surface area contributed by atoms with Gasteiger partial charge in [0.05, 0.1) is 0 Å². The van der Waals surface area contributed by atoms with Gasteiger partial charge >= 0.3 is 0 Å². The second-order valence-corrected chi connectivity index (χ2v) is 6.45. The molecule has 2 atom stereocenters. The van der Waals surface area contributed by atoms with Crippen LogP contribution in [0.5, 0.6) is 0 Å². The minimum atomic E-state index is 0.573. The Labute approximate surface area is 125 Å². The lowest BCUT2D eigenvalue weighted by Gasteiger charge is -2.29. The SMILES string of the molecule is CCCN1CCC(CNC)C1c1ccc(C)c(Br)c1. The lowest BCUT2D eigenvalue weighted by molar-refractivity contribution is 0.227. The molecule has 1 aliphatic rings. The maximum atomic E-state index is 3.68. The molecule has 1 aromatic rings. The zero-order valence-corrected chi connectivity index (χ0v) is 13.8. The molecular weight excluding hydrogens is 300 g/mol. The second-order valence-electron chi connectivity index (χ2n) is 5.60. The average molecular weight is 325 g/mol. The Kier molecular flexibility index (Phi) is 5.43. The van der Waals surface area contributed by atoms with Crippen molar-refractivity contribution in [2.24, 2.45) is 5.92 Å². The van der Waals surface area contributed by atoms with Gasteiger partial charge in [-0.1, -0.05) is 35.0 Å². The van der Waals surface area contributed by atoms with Crippen LogP contribution in [0, 0.1) is 12.8 Å². The van der Waals surface area contributed by atoms with Gasteiger partial charge in [0.25, 0.3) is 0 Å². The van der Waals surface area contributed by atoms with Gasteiger partial charge in [-0.15, -0.1) is 0 Å². The molecule has 0 aliphatic carbocycles. The predicted octanol–water partition coefficient (Wildman–Crippen LogP) is 3.75. The van der Waals surface area contributed by atoms with Gasteiger partial charge in [0, 0.05) is 10.5 Å². The Morgan fingerprint density at radius 3 is 2.84 bits per heavy atom. The van der Waals surface area contributed by atoms with E-state index in [1.54, 1.807) is 0 Å². The van der Waals surface area contributed by atoms with E-state index in [1.807, 2.05) is 0 Å². The third-order valence-electron chi connectivity index (χ3n) is 4.14. The molecule has 19 heavy (non-hydrogen) atoms. The van der Waals surface area contributed by atoms with Crippen LogP contribution in [0.25, 0.3) is 0 Å². The van der Waals surface area contributed by atoms with Crippen molar-refractivity contribution in [1.82, 2.24) is 10.2 Å². The zero-order valence-electron chi connectivity index (χ0n) is 12.2. The van der Waals surface area contributed by atoms with Crippen LogP contribution in [0.3, 0.4) is 0 Å². The molecule has 3 heteroatoms. The van der Waals surface area contributed by atoms with Gasteiger partial charge in [0.2, 0.25) is 0 Å². The van der Waals surface area contributed by atoms with Crippen LogP contribution in [0.1, 0.15) is 36.9 Å². The van der Waals surface area contributed by atoms with Crippen LogP contribution in [0.2, 0.25) is 0 Å². The summed E-state index contributed by atoms with van der Waals surface area (Å²) in [6.07, 6.45) is 2.53. The fourth-order valence-electron chi connectivity index (χ4n) is 3.22. The van der Waals surface area contributed by atoms with Crippen molar-refractivity contribution in [1.29, 1.82) is 0 Å². The van der Waals surface area contributed by atoms with Crippen molar-refractivity contribution in [2.75, 3.05) is 26.7 Å². The van der Waals surface area contributed by atoms with Gasteiger partial charge in [0.1, 0.15) is 0 Å². The number of benzene rings is 1. The van der Waals surface area contributed by atoms with E-state index in [1.165, 1.54) is 41.5 Å². The maximum absolute atomic E-state index is 3.68. The first-order valence-electron chi connectivity index (χ1n) is 7.32. The Bertz CT molecular complexity index is 405. The molecule has 106 valence electrons. The summed E-state index contributed by atoms with van der Waals surface area (Å²) in [5.74, 6) is 0.728. The number of aryl methyl sites for hydroxylation is 1. The molecule has 0 saturated carbocycles. The molecule has 1 fully saturated rings. The van der Waals surface area contributed by atoms with Crippen LogP contribution in [-0.4, -0.2) is 31.6 Å². The molecule has 0 radical (unpaired) electrons. The Morgan fingerprint density at radius 1 is 1.42 bits per heavy atom. The van der Waals surface area contributed by atoms with Gasteiger partial charge < -0.3 is 5.32 Å². The fourth-order valence-corrected chi connectivity index (χ4v) is 3.61. The molecule has 1 N–H and O–H groups in total.